The molecule has 1 aliphatic rings. The largest absolute Gasteiger partial charge is 0.364 e. The van der Waals surface area contributed by atoms with E-state index >= 15 is 0 Å². The molecule has 9 heteroatoms. The Balaban J connectivity index is 1.53. The fourth-order valence-corrected chi connectivity index (χ4v) is 4.53. The molecule has 0 atom stereocenters. The highest BCUT2D eigenvalue weighted by Gasteiger charge is 2.23. The lowest BCUT2D eigenvalue weighted by Gasteiger charge is -2.30. The van der Waals surface area contributed by atoms with Gasteiger partial charge in [0, 0.05) is 44.1 Å². The Kier molecular flexibility index (Phi) is 5.72. The first-order valence-corrected chi connectivity index (χ1v) is 11.6. The summed E-state index contributed by atoms with van der Waals surface area (Å²) in [4.78, 5) is 17.0. The first-order chi connectivity index (χ1) is 16.0. The molecule has 1 saturated heterocycles. The molecule has 0 bridgehead atoms. The number of aryl methyl sites for hydroxylation is 1. The Morgan fingerprint density at radius 2 is 1.88 bits per heavy atom. The van der Waals surface area contributed by atoms with Crippen LogP contribution >= 0.6 is 0 Å². The maximum absolute atomic E-state index is 6.13. The smallest absolute Gasteiger partial charge is 0.229 e. The predicted octanol–water partition coefficient (Wildman–Crippen LogP) is 3.44. The molecule has 0 spiro atoms. The molecule has 3 N–H and O–H groups in total. The fourth-order valence-electron chi connectivity index (χ4n) is 4.53. The molecule has 3 aromatic heterocycles. The molecular formula is C24H31N9. The lowest BCUT2D eigenvalue weighted by atomic mass is 10.1. The number of rotatable bonds is 6. The van der Waals surface area contributed by atoms with Gasteiger partial charge in [-0.05, 0) is 51.3 Å². The number of para-hydroxylation sites is 1. The standard InChI is InChI=1S/C24H31N9/c1-16(2)33-17(3)28-21-22(29-24(30-23(21)33)31-13-9-19(25)10-14-31)26-15-18-7-4-5-8-20(18)32-12-6-11-27-32/h4-8,11-12,16,19H,9-10,13-15,25H2,1-3H3,(H,26,29,30). The van der Waals surface area contributed by atoms with Crippen LogP contribution in [0, 0.1) is 6.92 Å². The number of imidazole rings is 1. The van der Waals surface area contributed by atoms with Gasteiger partial charge >= 0.3 is 0 Å². The number of benzene rings is 1. The van der Waals surface area contributed by atoms with Gasteiger partial charge in [0.1, 0.15) is 5.82 Å². The van der Waals surface area contributed by atoms with Gasteiger partial charge in [-0.25, -0.2) is 9.67 Å². The van der Waals surface area contributed by atoms with Crippen LogP contribution in [0.25, 0.3) is 16.9 Å². The van der Waals surface area contributed by atoms with Crippen molar-refractivity contribution in [3.8, 4) is 5.69 Å². The fraction of sp³-hybridized carbons (Fsp3) is 0.417. The monoisotopic (exact) mass is 445 g/mol. The van der Waals surface area contributed by atoms with Crippen LogP contribution in [0.15, 0.2) is 42.7 Å². The zero-order valence-electron chi connectivity index (χ0n) is 19.4. The Morgan fingerprint density at radius 3 is 2.61 bits per heavy atom. The average molecular weight is 446 g/mol. The summed E-state index contributed by atoms with van der Waals surface area (Å²) in [6.07, 6.45) is 5.64. The van der Waals surface area contributed by atoms with Crippen LogP contribution in [0.5, 0.6) is 0 Å². The van der Waals surface area contributed by atoms with Gasteiger partial charge in [0.15, 0.2) is 17.0 Å². The van der Waals surface area contributed by atoms with Crippen LogP contribution in [-0.4, -0.2) is 48.4 Å². The number of nitrogens with zero attached hydrogens (tertiary/aromatic N) is 7. The minimum absolute atomic E-state index is 0.251. The molecule has 1 aliphatic heterocycles. The number of anilines is 2. The van der Waals surface area contributed by atoms with Crippen molar-refractivity contribution in [1.82, 2.24) is 29.3 Å². The third kappa shape index (κ3) is 4.16. The molecule has 4 aromatic rings. The van der Waals surface area contributed by atoms with Crippen molar-refractivity contribution in [2.24, 2.45) is 5.73 Å². The molecule has 0 amide bonds. The van der Waals surface area contributed by atoms with Crippen LogP contribution < -0.4 is 16.0 Å². The topological polar surface area (TPSA) is 103 Å². The molecule has 4 heterocycles. The highest BCUT2D eigenvalue weighted by molar-refractivity contribution is 5.85. The van der Waals surface area contributed by atoms with E-state index in [2.05, 4.69) is 45.9 Å². The molecule has 1 fully saturated rings. The minimum atomic E-state index is 0.251. The summed E-state index contributed by atoms with van der Waals surface area (Å²) in [5.74, 6) is 2.42. The van der Waals surface area contributed by atoms with E-state index in [0.717, 1.165) is 65.9 Å². The number of nitrogens with one attached hydrogen (secondary N) is 1. The average Bonchev–Trinajstić information content (AvgIpc) is 3.45. The van der Waals surface area contributed by atoms with Gasteiger partial charge in [0.2, 0.25) is 5.95 Å². The number of aromatic nitrogens is 6. The zero-order valence-corrected chi connectivity index (χ0v) is 19.4. The predicted molar refractivity (Wildman–Crippen MR) is 131 cm³/mol. The van der Waals surface area contributed by atoms with Crippen molar-refractivity contribution in [2.45, 2.75) is 52.2 Å². The Morgan fingerprint density at radius 1 is 1.09 bits per heavy atom. The van der Waals surface area contributed by atoms with E-state index in [1.165, 1.54) is 0 Å². The summed E-state index contributed by atoms with van der Waals surface area (Å²) >= 11 is 0. The molecule has 0 saturated carbocycles. The van der Waals surface area contributed by atoms with Crippen molar-refractivity contribution in [3.63, 3.8) is 0 Å². The van der Waals surface area contributed by atoms with Crippen molar-refractivity contribution < 1.29 is 0 Å². The lowest BCUT2D eigenvalue weighted by molar-refractivity contribution is 0.495. The number of hydrogen-bond acceptors (Lipinski definition) is 7. The number of nitrogens with two attached hydrogens (primary N) is 1. The van der Waals surface area contributed by atoms with E-state index in [9.17, 15) is 0 Å². The number of piperidine rings is 1. The highest BCUT2D eigenvalue weighted by atomic mass is 15.3. The van der Waals surface area contributed by atoms with Crippen LogP contribution in [0.1, 0.15) is 44.1 Å². The van der Waals surface area contributed by atoms with E-state index in [-0.39, 0.29) is 12.1 Å². The molecule has 1 aromatic carbocycles. The number of fused-ring (bicyclic) bond motifs is 1. The Labute approximate surface area is 193 Å². The minimum Gasteiger partial charge on any atom is -0.364 e. The SMILES string of the molecule is Cc1nc2c(NCc3ccccc3-n3cccn3)nc(N3CCC(N)CC3)nc2n1C(C)C. The van der Waals surface area contributed by atoms with Gasteiger partial charge in [0.25, 0.3) is 0 Å². The molecule has 33 heavy (non-hydrogen) atoms. The maximum Gasteiger partial charge on any atom is 0.229 e. The summed E-state index contributed by atoms with van der Waals surface area (Å²) < 4.78 is 4.06. The van der Waals surface area contributed by atoms with Crippen molar-refractivity contribution in [1.29, 1.82) is 0 Å². The zero-order chi connectivity index (χ0) is 22.9. The second kappa shape index (κ2) is 8.82. The van der Waals surface area contributed by atoms with Crippen LogP contribution in [0.2, 0.25) is 0 Å². The Bertz CT molecular complexity index is 1230. The van der Waals surface area contributed by atoms with Crippen molar-refractivity contribution in [3.05, 3.63) is 54.1 Å². The molecule has 9 nitrogen and oxygen atoms in total. The van der Waals surface area contributed by atoms with E-state index in [1.54, 1.807) is 6.20 Å². The van der Waals surface area contributed by atoms with Gasteiger partial charge < -0.3 is 20.5 Å². The van der Waals surface area contributed by atoms with E-state index in [4.69, 9.17) is 20.7 Å². The third-order valence-electron chi connectivity index (χ3n) is 6.23. The number of hydrogen-bond donors (Lipinski definition) is 2. The van der Waals surface area contributed by atoms with E-state index in [1.807, 2.05) is 36.0 Å². The summed E-state index contributed by atoms with van der Waals surface area (Å²) in [6.45, 7) is 8.66. The third-order valence-corrected chi connectivity index (χ3v) is 6.23. The molecule has 0 aliphatic carbocycles. The van der Waals surface area contributed by atoms with Gasteiger partial charge in [-0.1, -0.05) is 18.2 Å². The summed E-state index contributed by atoms with van der Waals surface area (Å²) in [6, 6.07) is 10.7. The van der Waals surface area contributed by atoms with Crippen LogP contribution in [0.4, 0.5) is 11.8 Å². The van der Waals surface area contributed by atoms with Crippen LogP contribution in [0.3, 0.4) is 0 Å². The quantitative estimate of drug-likeness (QED) is 0.469. The van der Waals surface area contributed by atoms with E-state index in [0.29, 0.717) is 6.54 Å². The molecule has 0 radical (unpaired) electrons. The summed E-state index contributed by atoms with van der Waals surface area (Å²) in [5.41, 5.74) is 9.96. The van der Waals surface area contributed by atoms with Gasteiger partial charge in [0.05, 0.1) is 5.69 Å². The summed E-state index contributed by atoms with van der Waals surface area (Å²) in [5, 5.41) is 7.95. The first kappa shape index (κ1) is 21.4. The van der Waals surface area contributed by atoms with Gasteiger partial charge in [-0.15, -0.1) is 0 Å². The van der Waals surface area contributed by atoms with Crippen LogP contribution in [-0.2, 0) is 6.54 Å². The highest BCUT2D eigenvalue weighted by Crippen LogP contribution is 2.28. The van der Waals surface area contributed by atoms with E-state index < -0.39 is 0 Å². The lowest BCUT2D eigenvalue weighted by Crippen LogP contribution is -2.40. The van der Waals surface area contributed by atoms with Gasteiger partial charge in [-0.2, -0.15) is 15.1 Å². The summed E-state index contributed by atoms with van der Waals surface area (Å²) in [7, 11) is 0. The molecule has 0 unspecified atom stereocenters. The Hall–Kier alpha value is -3.46. The second-order valence-electron chi connectivity index (χ2n) is 8.92. The molecular weight excluding hydrogens is 414 g/mol. The second-order valence-corrected chi connectivity index (χ2v) is 8.92. The van der Waals surface area contributed by atoms with Gasteiger partial charge in [-0.3, -0.25) is 0 Å². The molecule has 5 rings (SSSR count). The maximum atomic E-state index is 6.13. The first-order valence-electron chi connectivity index (χ1n) is 11.6. The normalized spacial score (nSPS) is 15.0. The van der Waals surface area contributed by atoms with Crippen molar-refractivity contribution >= 4 is 22.9 Å². The molecule has 172 valence electrons. The van der Waals surface area contributed by atoms with Crippen molar-refractivity contribution in [2.75, 3.05) is 23.3 Å².